The Kier molecular flexibility index (Phi) is 7.34. The number of likely N-dealkylation sites (N-methyl/N-ethyl adjacent to an activating group) is 1. The van der Waals surface area contributed by atoms with Gasteiger partial charge in [0, 0.05) is 39.1 Å². The van der Waals surface area contributed by atoms with Gasteiger partial charge in [-0.3, -0.25) is 9.59 Å². The van der Waals surface area contributed by atoms with Gasteiger partial charge in [-0.2, -0.15) is 0 Å². The molecule has 6 heteroatoms. The average molecular weight is 441 g/mol. The minimum Gasteiger partial charge on any atom is -0.460 e. The molecular formula is C25H32N2O3S. The lowest BCUT2D eigenvalue weighted by molar-refractivity contribution is -0.154. The average Bonchev–Trinajstić information content (AvgIpc) is 2.75. The molecular weight excluding hydrogens is 408 g/mol. The summed E-state index contributed by atoms with van der Waals surface area (Å²) in [5, 5.41) is 4.86. The second-order valence-electron chi connectivity index (χ2n) is 8.68. The maximum absolute atomic E-state index is 13.4. The van der Waals surface area contributed by atoms with E-state index in [-0.39, 0.29) is 18.0 Å². The zero-order chi connectivity index (χ0) is 22.6. The molecule has 1 heterocycles. The number of hydrogen-bond donors (Lipinski definition) is 1. The fourth-order valence-corrected chi connectivity index (χ4v) is 4.66. The zero-order valence-electron chi connectivity index (χ0n) is 19.1. The van der Waals surface area contributed by atoms with Crippen LogP contribution in [0.2, 0.25) is 0 Å². The van der Waals surface area contributed by atoms with Gasteiger partial charge in [0.25, 0.3) is 0 Å². The molecule has 3 aromatic rings. The Hall–Kier alpha value is -2.44. The molecule has 0 bridgehead atoms. The van der Waals surface area contributed by atoms with Gasteiger partial charge in [-0.25, -0.2) is 0 Å². The van der Waals surface area contributed by atoms with Gasteiger partial charge >= 0.3 is 5.97 Å². The van der Waals surface area contributed by atoms with Gasteiger partial charge in [0.15, 0.2) is 5.43 Å². The number of ether oxygens (including phenoxy) is 1. The standard InChI is InChI=1S/C25H32N2O3S/c1-6-27(7-2)15-14-26-19-13-12-17(16-30-24(29)25(3,4)5)23-21(19)22(28)18-10-8-9-11-20(18)31-23/h8-13,26H,6-7,14-16H2,1-5H3. The van der Waals surface area contributed by atoms with E-state index in [1.807, 2.05) is 57.2 Å². The molecule has 166 valence electrons. The normalized spacial score (nSPS) is 11.9. The first-order valence-corrected chi connectivity index (χ1v) is 11.7. The van der Waals surface area contributed by atoms with Crippen molar-refractivity contribution < 1.29 is 9.53 Å². The number of fused-ring (bicyclic) bond motifs is 2. The second kappa shape index (κ2) is 9.79. The van der Waals surface area contributed by atoms with Crippen molar-refractivity contribution in [1.29, 1.82) is 0 Å². The number of nitrogens with one attached hydrogen (secondary N) is 1. The summed E-state index contributed by atoms with van der Waals surface area (Å²) in [6.45, 7) is 13.6. The van der Waals surface area contributed by atoms with Crippen molar-refractivity contribution >= 4 is 43.2 Å². The van der Waals surface area contributed by atoms with Gasteiger partial charge in [0.1, 0.15) is 6.61 Å². The highest BCUT2D eigenvalue weighted by Gasteiger charge is 2.23. The molecule has 0 unspecified atom stereocenters. The smallest absolute Gasteiger partial charge is 0.311 e. The topological polar surface area (TPSA) is 58.6 Å². The molecule has 31 heavy (non-hydrogen) atoms. The van der Waals surface area contributed by atoms with E-state index < -0.39 is 5.41 Å². The van der Waals surface area contributed by atoms with Crippen LogP contribution in [0.25, 0.3) is 20.2 Å². The van der Waals surface area contributed by atoms with E-state index in [1.165, 1.54) is 0 Å². The Morgan fingerprint density at radius 1 is 1.10 bits per heavy atom. The number of carbonyl (C=O) groups excluding carboxylic acids is 1. The fraction of sp³-hybridized carbons (Fsp3) is 0.440. The third-order valence-electron chi connectivity index (χ3n) is 5.42. The van der Waals surface area contributed by atoms with Gasteiger partial charge in [-0.15, -0.1) is 11.3 Å². The Bertz CT molecular complexity index is 1130. The summed E-state index contributed by atoms with van der Waals surface area (Å²) >= 11 is 1.57. The van der Waals surface area contributed by atoms with Crippen LogP contribution in [0.3, 0.4) is 0 Å². The summed E-state index contributed by atoms with van der Waals surface area (Å²) in [5.74, 6) is -0.254. The van der Waals surface area contributed by atoms with Gasteiger partial charge in [-0.05, 0) is 52.1 Å². The molecule has 0 spiro atoms. The van der Waals surface area contributed by atoms with Crippen molar-refractivity contribution in [2.45, 2.75) is 41.2 Å². The van der Waals surface area contributed by atoms with E-state index in [2.05, 4.69) is 24.1 Å². The van der Waals surface area contributed by atoms with E-state index in [4.69, 9.17) is 4.74 Å². The second-order valence-corrected chi connectivity index (χ2v) is 9.74. The van der Waals surface area contributed by atoms with E-state index in [9.17, 15) is 9.59 Å². The van der Waals surface area contributed by atoms with Crippen LogP contribution < -0.4 is 10.7 Å². The zero-order valence-corrected chi connectivity index (χ0v) is 19.9. The molecule has 5 nitrogen and oxygen atoms in total. The predicted molar refractivity (Wildman–Crippen MR) is 131 cm³/mol. The number of rotatable bonds is 8. The van der Waals surface area contributed by atoms with Crippen LogP contribution in [0.1, 0.15) is 40.2 Å². The maximum Gasteiger partial charge on any atom is 0.311 e. The summed E-state index contributed by atoms with van der Waals surface area (Å²) in [5.41, 5.74) is 1.13. The van der Waals surface area contributed by atoms with Crippen molar-refractivity contribution in [2.24, 2.45) is 5.41 Å². The first kappa shape index (κ1) is 23.2. The highest BCUT2D eigenvalue weighted by molar-refractivity contribution is 7.24. The molecule has 3 rings (SSSR count). The molecule has 1 N–H and O–H groups in total. The molecule has 0 amide bonds. The minimum atomic E-state index is -0.568. The minimum absolute atomic E-state index is 0.0127. The van der Waals surface area contributed by atoms with Crippen LogP contribution in [0.15, 0.2) is 41.2 Å². The monoisotopic (exact) mass is 440 g/mol. The van der Waals surface area contributed by atoms with Crippen molar-refractivity contribution in [1.82, 2.24) is 4.90 Å². The number of anilines is 1. The highest BCUT2D eigenvalue weighted by Crippen LogP contribution is 2.32. The van der Waals surface area contributed by atoms with Gasteiger partial charge < -0.3 is 15.0 Å². The summed E-state index contributed by atoms with van der Waals surface area (Å²) in [7, 11) is 0. The fourth-order valence-electron chi connectivity index (χ4n) is 3.46. The number of hydrogen-bond acceptors (Lipinski definition) is 6. The summed E-state index contributed by atoms with van der Waals surface area (Å²) < 4.78 is 7.38. The Morgan fingerprint density at radius 2 is 1.81 bits per heavy atom. The van der Waals surface area contributed by atoms with Crippen molar-refractivity contribution in [2.75, 3.05) is 31.5 Å². The van der Waals surface area contributed by atoms with Gasteiger partial charge in [-0.1, -0.05) is 32.0 Å². The largest absolute Gasteiger partial charge is 0.460 e. The molecule has 0 atom stereocenters. The highest BCUT2D eigenvalue weighted by atomic mass is 32.1. The number of carbonyl (C=O) groups is 1. The third-order valence-corrected chi connectivity index (χ3v) is 6.67. The van der Waals surface area contributed by atoms with E-state index in [0.717, 1.165) is 52.2 Å². The quantitative estimate of drug-likeness (QED) is 0.383. The molecule has 0 aliphatic heterocycles. The Morgan fingerprint density at radius 3 is 2.48 bits per heavy atom. The molecule has 0 aliphatic carbocycles. The molecule has 1 aromatic heterocycles. The number of nitrogens with zero attached hydrogens (tertiary/aromatic N) is 1. The maximum atomic E-state index is 13.4. The van der Waals surface area contributed by atoms with Crippen LogP contribution in [0.4, 0.5) is 5.69 Å². The first-order valence-electron chi connectivity index (χ1n) is 10.9. The van der Waals surface area contributed by atoms with Crippen LogP contribution in [-0.2, 0) is 16.1 Å². The summed E-state index contributed by atoms with van der Waals surface area (Å²) in [6.07, 6.45) is 0. The number of benzene rings is 2. The first-order chi connectivity index (χ1) is 14.8. The third kappa shape index (κ3) is 5.25. The molecule has 2 aromatic carbocycles. The lowest BCUT2D eigenvalue weighted by atomic mass is 9.97. The van der Waals surface area contributed by atoms with Crippen molar-refractivity contribution in [3.05, 3.63) is 52.2 Å². The lowest BCUT2D eigenvalue weighted by Gasteiger charge is -2.20. The van der Waals surface area contributed by atoms with E-state index in [1.54, 1.807) is 11.3 Å². The van der Waals surface area contributed by atoms with Crippen LogP contribution >= 0.6 is 11.3 Å². The molecule has 0 radical (unpaired) electrons. The van der Waals surface area contributed by atoms with Crippen LogP contribution in [0.5, 0.6) is 0 Å². The number of esters is 1. The van der Waals surface area contributed by atoms with E-state index >= 15 is 0 Å². The SMILES string of the molecule is CCN(CC)CCNc1ccc(COC(=O)C(C)(C)C)c2sc3ccccc3c(=O)c12. The summed E-state index contributed by atoms with van der Waals surface area (Å²) in [6, 6.07) is 11.6. The van der Waals surface area contributed by atoms with Crippen molar-refractivity contribution in [3.63, 3.8) is 0 Å². The molecule has 0 saturated heterocycles. The molecule has 0 aliphatic rings. The molecule has 0 fully saturated rings. The molecule has 0 saturated carbocycles. The van der Waals surface area contributed by atoms with Gasteiger partial charge in [0.05, 0.1) is 10.8 Å². The van der Waals surface area contributed by atoms with E-state index in [0.29, 0.717) is 5.39 Å². The van der Waals surface area contributed by atoms with Crippen LogP contribution in [-0.4, -0.2) is 37.0 Å². The lowest BCUT2D eigenvalue weighted by Crippen LogP contribution is -2.28. The Balaban J connectivity index is 2.02. The van der Waals surface area contributed by atoms with Crippen molar-refractivity contribution in [3.8, 4) is 0 Å². The van der Waals surface area contributed by atoms with Gasteiger partial charge in [0.2, 0.25) is 0 Å². The summed E-state index contributed by atoms with van der Waals surface area (Å²) in [4.78, 5) is 28.0. The van der Waals surface area contributed by atoms with Crippen LogP contribution in [0, 0.1) is 5.41 Å². The Labute approximate surface area is 188 Å². The predicted octanol–water partition coefficient (Wildman–Crippen LogP) is 5.26.